The Bertz CT molecular complexity index is 661. The summed E-state index contributed by atoms with van der Waals surface area (Å²) < 4.78 is 42.3. The molecule has 0 aliphatic heterocycles. The van der Waals surface area contributed by atoms with E-state index >= 15 is 0 Å². The zero-order valence-electron chi connectivity index (χ0n) is 10.9. The van der Waals surface area contributed by atoms with Gasteiger partial charge in [-0.3, -0.25) is 4.79 Å². The van der Waals surface area contributed by atoms with E-state index < -0.39 is 17.5 Å². The number of carbonyl (C=O) groups excluding carboxylic acids is 1. The monoisotopic (exact) mass is 296 g/mol. The summed E-state index contributed by atoms with van der Waals surface area (Å²) in [5, 5.41) is 9.45. The number of hydrogen-bond acceptors (Lipinski definition) is 3. The van der Waals surface area contributed by atoms with Crippen LogP contribution in [0, 0.1) is 0 Å². The van der Waals surface area contributed by atoms with E-state index in [1.165, 1.54) is 25.3 Å². The summed E-state index contributed by atoms with van der Waals surface area (Å²) in [4.78, 5) is 12.2. The Balaban J connectivity index is 2.32. The molecule has 3 nitrogen and oxygen atoms in total. The minimum atomic E-state index is -4.44. The molecule has 0 saturated heterocycles. The van der Waals surface area contributed by atoms with Gasteiger partial charge in [-0.15, -0.1) is 0 Å². The number of rotatable bonds is 3. The first-order valence-electron chi connectivity index (χ1n) is 5.92. The fourth-order valence-electron chi connectivity index (χ4n) is 1.80. The highest BCUT2D eigenvalue weighted by molar-refractivity contribution is 6.09. The molecule has 0 atom stereocenters. The highest BCUT2D eigenvalue weighted by Gasteiger charge is 2.30. The van der Waals surface area contributed by atoms with Crippen molar-refractivity contribution in [2.45, 2.75) is 6.18 Å². The van der Waals surface area contributed by atoms with E-state index in [4.69, 9.17) is 4.74 Å². The van der Waals surface area contributed by atoms with Gasteiger partial charge in [-0.05, 0) is 30.3 Å². The molecule has 0 aliphatic carbocycles. The Hall–Kier alpha value is -2.50. The van der Waals surface area contributed by atoms with Crippen molar-refractivity contribution in [1.29, 1.82) is 0 Å². The number of halogens is 3. The average Bonchev–Trinajstić information content (AvgIpc) is 2.46. The largest absolute Gasteiger partial charge is 0.504 e. The van der Waals surface area contributed by atoms with Crippen molar-refractivity contribution < 1.29 is 27.8 Å². The summed E-state index contributed by atoms with van der Waals surface area (Å²) in [6.07, 6.45) is -4.44. The lowest BCUT2D eigenvalue weighted by Crippen LogP contribution is -2.06. The number of ether oxygens (including phenoxy) is 1. The summed E-state index contributed by atoms with van der Waals surface area (Å²) in [5.74, 6) is -0.462. The van der Waals surface area contributed by atoms with Gasteiger partial charge in [0.05, 0.1) is 12.7 Å². The minimum absolute atomic E-state index is 0.118. The van der Waals surface area contributed by atoms with Crippen LogP contribution in [-0.4, -0.2) is 18.0 Å². The van der Waals surface area contributed by atoms with Gasteiger partial charge in [0.15, 0.2) is 17.3 Å². The lowest BCUT2D eigenvalue weighted by atomic mass is 10.0. The van der Waals surface area contributed by atoms with Crippen molar-refractivity contribution in [1.82, 2.24) is 0 Å². The molecule has 0 aliphatic rings. The van der Waals surface area contributed by atoms with E-state index in [0.29, 0.717) is 0 Å². The molecule has 110 valence electrons. The molecule has 0 amide bonds. The molecule has 0 heterocycles. The highest BCUT2D eigenvalue weighted by Crippen LogP contribution is 2.30. The molecule has 0 aromatic heterocycles. The highest BCUT2D eigenvalue weighted by atomic mass is 19.4. The smallest absolute Gasteiger partial charge is 0.416 e. The second-order valence-electron chi connectivity index (χ2n) is 4.29. The van der Waals surface area contributed by atoms with Gasteiger partial charge in [-0.2, -0.15) is 13.2 Å². The number of aromatic hydroxyl groups is 1. The third-order valence-electron chi connectivity index (χ3n) is 2.92. The van der Waals surface area contributed by atoms with E-state index in [1.807, 2.05) is 0 Å². The molecule has 0 radical (unpaired) electrons. The zero-order valence-corrected chi connectivity index (χ0v) is 10.9. The van der Waals surface area contributed by atoms with Crippen LogP contribution in [0.4, 0.5) is 13.2 Å². The van der Waals surface area contributed by atoms with Crippen LogP contribution in [0.2, 0.25) is 0 Å². The van der Waals surface area contributed by atoms with E-state index in [1.54, 1.807) is 0 Å². The number of alkyl halides is 3. The fourth-order valence-corrected chi connectivity index (χ4v) is 1.80. The Morgan fingerprint density at radius 1 is 1.05 bits per heavy atom. The van der Waals surface area contributed by atoms with E-state index in [-0.39, 0.29) is 22.6 Å². The molecule has 0 fully saturated rings. The third-order valence-corrected chi connectivity index (χ3v) is 2.92. The Labute approximate surface area is 118 Å². The fraction of sp³-hybridized carbons (Fsp3) is 0.133. The number of carbonyl (C=O) groups is 1. The molecular weight excluding hydrogens is 285 g/mol. The summed E-state index contributed by atoms with van der Waals surface area (Å²) >= 11 is 0. The molecule has 21 heavy (non-hydrogen) atoms. The number of phenolic OH excluding ortho intramolecular Hbond substituents is 1. The summed E-state index contributed by atoms with van der Waals surface area (Å²) in [6, 6.07) is 7.92. The SMILES string of the molecule is COc1cc(C(=O)c2ccc(C(F)(F)F)cc2)ccc1O. The Morgan fingerprint density at radius 3 is 2.14 bits per heavy atom. The maximum atomic E-state index is 12.5. The van der Waals surface area contributed by atoms with E-state index in [9.17, 15) is 23.1 Å². The second kappa shape index (κ2) is 5.47. The number of phenols is 1. The van der Waals surface area contributed by atoms with Gasteiger partial charge in [0.1, 0.15) is 0 Å². The Kier molecular flexibility index (Phi) is 3.88. The van der Waals surface area contributed by atoms with Gasteiger partial charge < -0.3 is 9.84 Å². The molecule has 2 rings (SSSR count). The number of ketones is 1. The van der Waals surface area contributed by atoms with Crippen molar-refractivity contribution in [3.05, 3.63) is 59.2 Å². The van der Waals surface area contributed by atoms with Crippen LogP contribution in [-0.2, 0) is 6.18 Å². The van der Waals surface area contributed by atoms with Gasteiger partial charge >= 0.3 is 6.18 Å². The maximum Gasteiger partial charge on any atom is 0.416 e. The van der Waals surface area contributed by atoms with Crippen molar-refractivity contribution in [2.75, 3.05) is 7.11 Å². The summed E-state index contributed by atoms with van der Waals surface area (Å²) in [5.41, 5.74) is -0.484. The van der Waals surface area contributed by atoms with E-state index in [0.717, 1.165) is 24.3 Å². The van der Waals surface area contributed by atoms with Crippen molar-refractivity contribution in [2.24, 2.45) is 0 Å². The summed E-state index contributed by atoms with van der Waals surface area (Å²) in [7, 11) is 1.33. The number of benzene rings is 2. The van der Waals surface area contributed by atoms with Crippen molar-refractivity contribution >= 4 is 5.78 Å². The van der Waals surface area contributed by atoms with Crippen LogP contribution in [0.1, 0.15) is 21.5 Å². The third kappa shape index (κ3) is 3.16. The first-order valence-corrected chi connectivity index (χ1v) is 5.92. The number of hydrogen-bond donors (Lipinski definition) is 1. The van der Waals surface area contributed by atoms with Crippen LogP contribution in [0.5, 0.6) is 11.5 Å². The van der Waals surface area contributed by atoms with Gasteiger partial charge in [0.25, 0.3) is 0 Å². The predicted octanol–water partition coefficient (Wildman–Crippen LogP) is 3.65. The first-order chi connectivity index (χ1) is 9.82. The second-order valence-corrected chi connectivity index (χ2v) is 4.29. The lowest BCUT2D eigenvalue weighted by molar-refractivity contribution is -0.137. The van der Waals surface area contributed by atoms with Gasteiger partial charge in [0.2, 0.25) is 0 Å². The zero-order chi connectivity index (χ0) is 15.6. The standard InChI is InChI=1S/C15H11F3O3/c1-21-13-8-10(4-7-12(13)19)14(20)9-2-5-11(6-3-9)15(16,17)18/h2-8,19H,1H3. The average molecular weight is 296 g/mol. The molecule has 0 bridgehead atoms. The molecule has 0 unspecified atom stereocenters. The van der Waals surface area contributed by atoms with Crippen LogP contribution >= 0.6 is 0 Å². The van der Waals surface area contributed by atoms with Crippen molar-refractivity contribution in [3.63, 3.8) is 0 Å². The molecule has 2 aromatic rings. The van der Waals surface area contributed by atoms with Crippen LogP contribution in [0.25, 0.3) is 0 Å². The summed E-state index contributed by atoms with van der Waals surface area (Å²) in [6.45, 7) is 0. The lowest BCUT2D eigenvalue weighted by Gasteiger charge is -2.08. The first kappa shape index (κ1) is 14.9. The Morgan fingerprint density at radius 2 is 1.62 bits per heavy atom. The van der Waals surface area contributed by atoms with E-state index in [2.05, 4.69) is 0 Å². The van der Waals surface area contributed by atoms with Crippen molar-refractivity contribution in [3.8, 4) is 11.5 Å². The quantitative estimate of drug-likeness (QED) is 0.879. The van der Waals surface area contributed by atoms with Gasteiger partial charge in [0, 0.05) is 11.1 Å². The predicted molar refractivity (Wildman–Crippen MR) is 69.5 cm³/mol. The molecule has 6 heteroatoms. The van der Waals surface area contributed by atoms with Crippen LogP contribution < -0.4 is 4.74 Å². The molecular formula is C15H11F3O3. The molecule has 0 spiro atoms. The normalized spacial score (nSPS) is 11.2. The number of methoxy groups -OCH3 is 1. The van der Waals surface area contributed by atoms with Crippen LogP contribution in [0.3, 0.4) is 0 Å². The molecule has 0 saturated carbocycles. The van der Waals surface area contributed by atoms with Crippen LogP contribution in [0.15, 0.2) is 42.5 Å². The van der Waals surface area contributed by atoms with Gasteiger partial charge in [-0.1, -0.05) is 12.1 Å². The topological polar surface area (TPSA) is 46.5 Å². The molecule has 1 N–H and O–H groups in total. The van der Waals surface area contributed by atoms with Gasteiger partial charge in [-0.25, -0.2) is 0 Å². The maximum absolute atomic E-state index is 12.5. The minimum Gasteiger partial charge on any atom is -0.504 e. The molecule has 2 aromatic carbocycles.